The molecule has 16 heavy (non-hydrogen) atoms. The Morgan fingerprint density at radius 1 is 1.44 bits per heavy atom. The highest BCUT2D eigenvalue weighted by Gasteiger charge is 2.20. The zero-order valence-corrected chi connectivity index (χ0v) is 9.10. The number of nitrogens with zero attached hydrogens (tertiary/aromatic N) is 2. The van der Waals surface area contributed by atoms with E-state index in [1.165, 1.54) is 5.56 Å². The molecule has 1 aromatic heterocycles. The second kappa shape index (κ2) is 3.27. The Hall–Kier alpha value is -1.97. The Morgan fingerprint density at radius 3 is 3.06 bits per heavy atom. The standard InChI is InChI=1S/C12H13N3O/c1-15-11(10(13)7-14-15)9-4-2-3-8-5-6-16-12(8)9/h2-4,7H,5-6,13H2,1H3. The van der Waals surface area contributed by atoms with Crippen molar-refractivity contribution in [2.24, 2.45) is 7.05 Å². The predicted molar refractivity (Wildman–Crippen MR) is 62.3 cm³/mol. The average molecular weight is 215 g/mol. The second-order valence-electron chi connectivity index (χ2n) is 3.96. The first kappa shape index (κ1) is 9.27. The lowest BCUT2D eigenvalue weighted by atomic mass is 10.1. The zero-order chi connectivity index (χ0) is 11.1. The number of aromatic nitrogens is 2. The third kappa shape index (κ3) is 1.19. The van der Waals surface area contributed by atoms with Crippen molar-refractivity contribution >= 4 is 5.69 Å². The number of hydrogen-bond acceptors (Lipinski definition) is 3. The van der Waals surface area contributed by atoms with Crippen LogP contribution >= 0.6 is 0 Å². The van der Waals surface area contributed by atoms with Crippen molar-refractivity contribution in [1.82, 2.24) is 9.78 Å². The first-order valence-electron chi connectivity index (χ1n) is 5.30. The van der Waals surface area contributed by atoms with E-state index >= 15 is 0 Å². The molecule has 3 rings (SSSR count). The number of para-hydroxylation sites is 1. The van der Waals surface area contributed by atoms with Gasteiger partial charge < -0.3 is 10.5 Å². The maximum absolute atomic E-state index is 5.93. The van der Waals surface area contributed by atoms with Crippen molar-refractivity contribution in [2.75, 3.05) is 12.3 Å². The summed E-state index contributed by atoms with van der Waals surface area (Å²) in [5, 5.41) is 4.15. The van der Waals surface area contributed by atoms with Crippen LogP contribution in [0.2, 0.25) is 0 Å². The molecule has 0 radical (unpaired) electrons. The van der Waals surface area contributed by atoms with Gasteiger partial charge in [-0.25, -0.2) is 0 Å². The lowest BCUT2D eigenvalue weighted by Gasteiger charge is -2.09. The molecule has 0 aliphatic carbocycles. The van der Waals surface area contributed by atoms with Crippen molar-refractivity contribution in [3.05, 3.63) is 30.0 Å². The summed E-state index contributed by atoms with van der Waals surface area (Å²) in [5.41, 5.74) is 9.83. The third-order valence-electron chi connectivity index (χ3n) is 2.94. The molecule has 2 heterocycles. The fourth-order valence-corrected chi connectivity index (χ4v) is 2.19. The Kier molecular flexibility index (Phi) is 1.89. The number of aryl methyl sites for hydroxylation is 1. The van der Waals surface area contributed by atoms with Crippen molar-refractivity contribution < 1.29 is 4.74 Å². The first-order chi connectivity index (χ1) is 7.77. The van der Waals surface area contributed by atoms with Gasteiger partial charge in [-0.2, -0.15) is 5.10 Å². The summed E-state index contributed by atoms with van der Waals surface area (Å²) in [6.07, 6.45) is 2.64. The smallest absolute Gasteiger partial charge is 0.132 e. The highest BCUT2D eigenvalue weighted by molar-refractivity contribution is 5.78. The zero-order valence-electron chi connectivity index (χ0n) is 9.10. The van der Waals surface area contributed by atoms with E-state index in [1.54, 1.807) is 10.9 Å². The van der Waals surface area contributed by atoms with E-state index in [9.17, 15) is 0 Å². The summed E-state index contributed by atoms with van der Waals surface area (Å²) in [4.78, 5) is 0. The van der Waals surface area contributed by atoms with E-state index in [0.29, 0.717) is 5.69 Å². The van der Waals surface area contributed by atoms with Crippen molar-refractivity contribution in [2.45, 2.75) is 6.42 Å². The fourth-order valence-electron chi connectivity index (χ4n) is 2.19. The number of benzene rings is 1. The molecule has 0 bridgehead atoms. The molecule has 4 heteroatoms. The molecule has 82 valence electrons. The molecule has 1 aliphatic heterocycles. The van der Waals surface area contributed by atoms with Crippen LogP contribution in [-0.2, 0) is 13.5 Å². The third-order valence-corrected chi connectivity index (χ3v) is 2.94. The van der Waals surface area contributed by atoms with E-state index < -0.39 is 0 Å². The summed E-state index contributed by atoms with van der Waals surface area (Å²) < 4.78 is 7.45. The summed E-state index contributed by atoms with van der Waals surface area (Å²) >= 11 is 0. The quantitative estimate of drug-likeness (QED) is 0.786. The molecule has 2 aromatic rings. The number of ether oxygens (including phenoxy) is 1. The molecule has 0 fully saturated rings. The van der Waals surface area contributed by atoms with E-state index in [4.69, 9.17) is 10.5 Å². The van der Waals surface area contributed by atoms with Crippen LogP contribution in [-0.4, -0.2) is 16.4 Å². The van der Waals surface area contributed by atoms with Gasteiger partial charge in [0.1, 0.15) is 5.75 Å². The summed E-state index contributed by atoms with van der Waals surface area (Å²) in [7, 11) is 1.89. The minimum Gasteiger partial charge on any atom is -0.492 e. The van der Waals surface area contributed by atoms with Crippen LogP contribution in [0.3, 0.4) is 0 Å². The molecule has 0 unspecified atom stereocenters. The Balaban J connectivity index is 2.25. The molecule has 0 amide bonds. The van der Waals surface area contributed by atoms with E-state index in [1.807, 2.05) is 19.2 Å². The highest BCUT2D eigenvalue weighted by Crippen LogP contribution is 2.38. The van der Waals surface area contributed by atoms with Gasteiger partial charge in [-0.05, 0) is 11.6 Å². The molecule has 0 saturated carbocycles. The molecule has 2 N–H and O–H groups in total. The molecule has 0 atom stereocenters. The summed E-state index contributed by atoms with van der Waals surface area (Å²) in [5.74, 6) is 0.956. The van der Waals surface area contributed by atoms with E-state index in [-0.39, 0.29) is 0 Å². The van der Waals surface area contributed by atoms with Crippen LogP contribution in [0, 0.1) is 0 Å². The van der Waals surface area contributed by atoms with Gasteiger partial charge in [-0.15, -0.1) is 0 Å². The predicted octanol–water partition coefficient (Wildman–Crippen LogP) is 1.60. The average Bonchev–Trinajstić information content (AvgIpc) is 2.86. The lowest BCUT2D eigenvalue weighted by Crippen LogP contribution is -1.97. The Morgan fingerprint density at radius 2 is 2.31 bits per heavy atom. The molecular formula is C12H13N3O. The molecule has 1 aliphatic rings. The van der Waals surface area contributed by atoms with Crippen LogP contribution in [0.25, 0.3) is 11.3 Å². The van der Waals surface area contributed by atoms with E-state index in [2.05, 4.69) is 11.2 Å². The number of hydrogen-bond donors (Lipinski definition) is 1. The van der Waals surface area contributed by atoms with Gasteiger partial charge in [0.25, 0.3) is 0 Å². The minimum absolute atomic E-state index is 0.686. The van der Waals surface area contributed by atoms with Gasteiger partial charge in [-0.3, -0.25) is 4.68 Å². The van der Waals surface area contributed by atoms with Gasteiger partial charge in [0, 0.05) is 19.0 Å². The van der Waals surface area contributed by atoms with Gasteiger partial charge in [-0.1, -0.05) is 12.1 Å². The van der Waals surface area contributed by atoms with Crippen LogP contribution in [0.5, 0.6) is 5.75 Å². The summed E-state index contributed by atoms with van der Waals surface area (Å²) in [6, 6.07) is 6.16. The molecular weight excluding hydrogens is 202 g/mol. The maximum Gasteiger partial charge on any atom is 0.132 e. The second-order valence-corrected chi connectivity index (χ2v) is 3.96. The van der Waals surface area contributed by atoms with Gasteiger partial charge in [0.05, 0.1) is 24.2 Å². The minimum atomic E-state index is 0.686. The number of nitrogen functional groups attached to an aromatic ring is 1. The monoisotopic (exact) mass is 215 g/mol. The lowest BCUT2D eigenvalue weighted by molar-refractivity contribution is 0.358. The molecule has 0 saturated heterocycles. The largest absolute Gasteiger partial charge is 0.492 e. The van der Waals surface area contributed by atoms with Crippen molar-refractivity contribution in [1.29, 1.82) is 0 Å². The van der Waals surface area contributed by atoms with E-state index in [0.717, 1.165) is 30.0 Å². The van der Waals surface area contributed by atoms with Crippen molar-refractivity contribution in [3.8, 4) is 17.0 Å². The van der Waals surface area contributed by atoms with Crippen LogP contribution in [0.15, 0.2) is 24.4 Å². The number of anilines is 1. The normalized spacial score (nSPS) is 13.6. The maximum atomic E-state index is 5.93. The van der Waals surface area contributed by atoms with Crippen molar-refractivity contribution in [3.63, 3.8) is 0 Å². The number of nitrogens with two attached hydrogens (primary N) is 1. The SMILES string of the molecule is Cn1ncc(N)c1-c1cccc2c1OCC2. The molecule has 4 nitrogen and oxygen atoms in total. The Bertz CT molecular complexity index is 526. The molecule has 1 aromatic carbocycles. The first-order valence-corrected chi connectivity index (χ1v) is 5.30. The van der Waals surface area contributed by atoms with Gasteiger partial charge in [0.2, 0.25) is 0 Å². The Labute approximate surface area is 93.6 Å². The van der Waals surface area contributed by atoms with Crippen LogP contribution < -0.4 is 10.5 Å². The summed E-state index contributed by atoms with van der Waals surface area (Å²) in [6.45, 7) is 0.754. The van der Waals surface area contributed by atoms with Gasteiger partial charge in [0.15, 0.2) is 0 Å². The fraction of sp³-hybridized carbons (Fsp3) is 0.250. The van der Waals surface area contributed by atoms with Crippen LogP contribution in [0.4, 0.5) is 5.69 Å². The van der Waals surface area contributed by atoms with Gasteiger partial charge >= 0.3 is 0 Å². The number of rotatable bonds is 1. The number of fused-ring (bicyclic) bond motifs is 1. The van der Waals surface area contributed by atoms with Crippen LogP contribution in [0.1, 0.15) is 5.56 Å². The topological polar surface area (TPSA) is 53.1 Å². The molecule has 0 spiro atoms. The highest BCUT2D eigenvalue weighted by atomic mass is 16.5.